The number of imidazole rings is 1. The number of pyridine rings is 1. The van der Waals surface area contributed by atoms with E-state index in [1.165, 1.54) is 0 Å². The van der Waals surface area contributed by atoms with Gasteiger partial charge in [-0.05, 0) is 45.7 Å². The number of nitrogens with one attached hydrogen (secondary N) is 1. The smallest absolute Gasteiger partial charge is 0.307 e. The molecule has 0 fully saturated rings. The Balaban J connectivity index is 1.67. The second-order valence-corrected chi connectivity index (χ2v) is 7.07. The third kappa shape index (κ3) is 6.57. The van der Waals surface area contributed by atoms with Gasteiger partial charge in [0.1, 0.15) is 11.3 Å². The predicted octanol–water partition coefficient (Wildman–Crippen LogP) is 2.73. The standard InChI is InChI=1S/C22H32N4O4/c1-4-25(16-13-20(28)30-5-2)19(27)12-7-6-9-14-23-22(29)21-17(3)24-18-11-8-10-15-26(18)21/h8,10-11,15H,4-7,9,12-14,16H2,1-3H3,(H,23,29). The summed E-state index contributed by atoms with van der Waals surface area (Å²) in [6, 6.07) is 5.63. The van der Waals surface area contributed by atoms with Gasteiger partial charge in [0, 0.05) is 32.3 Å². The molecule has 0 atom stereocenters. The maximum Gasteiger partial charge on any atom is 0.307 e. The summed E-state index contributed by atoms with van der Waals surface area (Å²) >= 11 is 0. The first kappa shape index (κ1) is 23.4. The number of carbonyl (C=O) groups excluding carboxylic acids is 3. The van der Waals surface area contributed by atoms with Gasteiger partial charge in [-0.2, -0.15) is 0 Å². The fourth-order valence-corrected chi connectivity index (χ4v) is 3.33. The highest BCUT2D eigenvalue weighted by molar-refractivity contribution is 5.94. The van der Waals surface area contributed by atoms with Gasteiger partial charge in [0.25, 0.3) is 5.91 Å². The van der Waals surface area contributed by atoms with Gasteiger partial charge < -0.3 is 15.0 Å². The largest absolute Gasteiger partial charge is 0.466 e. The summed E-state index contributed by atoms with van der Waals surface area (Å²) < 4.78 is 6.69. The van der Waals surface area contributed by atoms with Crippen LogP contribution in [0.2, 0.25) is 0 Å². The van der Waals surface area contributed by atoms with Crippen LogP contribution in [-0.4, -0.2) is 58.3 Å². The number of unbranched alkanes of at least 4 members (excludes halogenated alkanes) is 2. The molecule has 164 valence electrons. The quantitative estimate of drug-likeness (QED) is 0.424. The third-order valence-electron chi connectivity index (χ3n) is 4.90. The van der Waals surface area contributed by atoms with Crippen LogP contribution in [0.25, 0.3) is 5.65 Å². The Morgan fingerprint density at radius 3 is 2.67 bits per heavy atom. The highest BCUT2D eigenvalue weighted by atomic mass is 16.5. The average molecular weight is 417 g/mol. The third-order valence-corrected chi connectivity index (χ3v) is 4.90. The van der Waals surface area contributed by atoms with Crippen LogP contribution >= 0.6 is 0 Å². The number of esters is 1. The number of rotatable bonds is 12. The maximum absolute atomic E-state index is 12.5. The number of ether oxygens (including phenoxy) is 1. The molecule has 2 heterocycles. The number of amides is 2. The molecule has 0 saturated heterocycles. The molecule has 2 aromatic heterocycles. The van der Waals surface area contributed by atoms with Gasteiger partial charge in [0.15, 0.2) is 0 Å². The van der Waals surface area contributed by atoms with Crippen molar-refractivity contribution in [3.8, 4) is 0 Å². The van der Waals surface area contributed by atoms with Crippen LogP contribution in [-0.2, 0) is 14.3 Å². The molecule has 0 spiro atoms. The maximum atomic E-state index is 12.5. The Morgan fingerprint density at radius 1 is 1.13 bits per heavy atom. The monoisotopic (exact) mass is 416 g/mol. The van der Waals surface area contributed by atoms with Gasteiger partial charge in [-0.25, -0.2) is 4.98 Å². The van der Waals surface area contributed by atoms with Gasteiger partial charge in [-0.15, -0.1) is 0 Å². The number of aryl methyl sites for hydroxylation is 1. The van der Waals surface area contributed by atoms with Crippen molar-refractivity contribution in [2.45, 2.75) is 52.9 Å². The minimum absolute atomic E-state index is 0.0483. The second-order valence-electron chi connectivity index (χ2n) is 7.07. The zero-order valence-corrected chi connectivity index (χ0v) is 18.1. The molecule has 1 N–H and O–H groups in total. The molecule has 2 aromatic rings. The van der Waals surface area contributed by atoms with Gasteiger partial charge >= 0.3 is 5.97 Å². The number of fused-ring (bicyclic) bond motifs is 1. The molecule has 30 heavy (non-hydrogen) atoms. The topological polar surface area (TPSA) is 93.0 Å². The van der Waals surface area contributed by atoms with Crippen LogP contribution in [0.4, 0.5) is 0 Å². The van der Waals surface area contributed by atoms with Crippen LogP contribution in [0, 0.1) is 6.92 Å². The molecule has 0 bridgehead atoms. The van der Waals surface area contributed by atoms with Crippen molar-refractivity contribution in [1.29, 1.82) is 0 Å². The molecular weight excluding hydrogens is 384 g/mol. The van der Waals surface area contributed by atoms with Gasteiger partial charge in [-0.1, -0.05) is 12.5 Å². The van der Waals surface area contributed by atoms with E-state index in [1.807, 2.05) is 38.2 Å². The van der Waals surface area contributed by atoms with Crippen molar-refractivity contribution in [3.05, 3.63) is 35.8 Å². The summed E-state index contributed by atoms with van der Waals surface area (Å²) in [6.07, 6.45) is 4.88. The summed E-state index contributed by atoms with van der Waals surface area (Å²) in [5.41, 5.74) is 2.01. The highest BCUT2D eigenvalue weighted by Crippen LogP contribution is 2.11. The Bertz CT molecular complexity index is 862. The van der Waals surface area contributed by atoms with Crippen LogP contribution in [0.3, 0.4) is 0 Å². The van der Waals surface area contributed by atoms with E-state index in [2.05, 4.69) is 10.3 Å². The molecule has 0 aromatic carbocycles. The van der Waals surface area contributed by atoms with Crippen molar-refractivity contribution in [1.82, 2.24) is 19.6 Å². The van der Waals surface area contributed by atoms with E-state index < -0.39 is 0 Å². The number of carbonyl (C=O) groups is 3. The van der Waals surface area contributed by atoms with E-state index in [4.69, 9.17) is 4.74 Å². The molecular formula is C22H32N4O4. The summed E-state index contributed by atoms with van der Waals surface area (Å²) in [7, 11) is 0. The number of hydrogen-bond donors (Lipinski definition) is 1. The molecule has 2 amide bonds. The molecule has 0 unspecified atom stereocenters. The van der Waals surface area contributed by atoms with Crippen LogP contribution in [0.1, 0.15) is 62.1 Å². The van der Waals surface area contributed by atoms with Crippen LogP contribution in [0.5, 0.6) is 0 Å². The lowest BCUT2D eigenvalue weighted by Crippen LogP contribution is -2.33. The molecule has 0 saturated carbocycles. The summed E-state index contributed by atoms with van der Waals surface area (Å²) in [4.78, 5) is 42.4. The zero-order valence-electron chi connectivity index (χ0n) is 18.1. The van der Waals surface area contributed by atoms with E-state index >= 15 is 0 Å². The van der Waals surface area contributed by atoms with Crippen LogP contribution in [0.15, 0.2) is 24.4 Å². The lowest BCUT2D eigenvalue weighted by Gasteiger charge is -2.20. The molecule has 0 aliphatic rings. The molecule has 8 heteroatoms. The molecule has 0 radical (unpaired) electrons. The lowest BCUT2D eigenvalue weighted by molar-refractivity contribution is -0.144. The highest BCUT2D eigenvalue weighted by Gasteiger charge is 2.16. The molecule has 0 aliphatic heterocycles. The summed E-state index contributed by atoms with van der Waals surface area (Å²) in [5, 5.41) is 2.94. The first-order valence-corrected chi connectivity index (χ1v) is 10.6. The lowest BCUT2D eigenvalue weighted by atomic mass is 10.1. The number of hydrogen-bond acceptors (Lipinski definition) is 5. The number of aromatic nitrogens is 2. The Kier molecular flexibility index (Phi) is 9.31. The fourth-order valence-electron chi connectivity index (χ4n) is 3.33. The minimum Gasteiger partial charge on any atom is -0.466 e. The molecule has 2 rings (SSSR count). The summed E-state index contributed by atoms with van der Waals surface area (Å²) in [6.45, 7) is 7.37. The van der Waals surface area contributed by atoms with E-state index in [-0.39, 0.29) is 24.2 Å². The number of nitrogens with zero attached hydrogens (tertiary/aromatic N) is 3. The van der Waals surface area contributed by atoms with E-state index in [0.29, 0.717) is 44.0 Å². The zero-order chi connectivity index (χ0) is 21.9. The normalized spacial score (nSPS) is 10.8. The van der Waals surface area contributed by atoms with E-state index in [1.54, 1.807) is 16.2 Å². The Morgan fingerprint density at radius 2 is 1.93 bits per heavy atom. The van der Waals surface area contributed by atoms with Crippen molar-refractivity contribution in [2.24, 2.45) is 0 Å². The van der Waals surface area contributed by atoms with Crippen molar-refractivity contribution >= 4 is 23.4 Å². The van der Waals surface area contributed by atoms with Gasteiger partial charge in [-0.3, -0.25) is 18.8 Å². The predicted molar refractivity (Wildman–Crippen MR) is 114 cm³/mol. The van der Waals surface area contributed by atoms with E-state index in [9.17, 15) is 14.4 Å². The Labute approximate surface area is 177 Å². The second kappa shape index (κ2) is 11.9. The van der Waals surface area contributed by atoms with Crippen molar-refractivity contribution in [3.63, 3.8) is 0 Å². The summed E-state index contributed by atoms with van der Waals surface area (Å²) in [5.74, 6) is -0.369. The first-order chi connectivity index (χ1) is 14.5. The minimum atomic E-state index is -0.277. The molecule has 8 nitrogen and oxygen atoms in total. The van der Waals surface area contributed by atoms with Crippen LogP contribution < -0.4 is 5.32 Å². The molecule has 0 aliphatic carbocycles. The first-order valence-electron chi connectivity index (χ1n) is 10.6. The van der Waals surface area contributed by atoms with Gasteiger partial charge in [0.05, 0.1) is 18.7 Å². The SMILES string of the molecule is CCOC(=O)CCN(CC)C(=O)CCCCCNC(=O)c1c(C)nc2ccccn12. The fraction of sp³-hybridized carbons (Fsp3) is 0.545. The van der Waals surface area contributed by atoms with Crippen molar-refractivity contribution in [2.75, 3.05) is 26.2 Å². The van der Waals surface area contributed by atoms with Gasteiger partial charge in [0.2, 0.25) is 5.91 Å². The Hall–Kier alpha value is -2.90. The average Bonchev–Trinajstić information content (AvgIpc) is 3.06. The van der Waals surface area contributed by atoms with E-state index in [0.717, 1.165) is 24.9 Å². The van der Waals surface area contributed by atoms with Crippen molar-refractivity contribution < 1.29 is 19.1 Å².